The van der Waals surface area contributed by atoms with Crippen molar-refractivity contribution in [1.82, 2.24) is 14.9 Å². The highest BCUT2D eigenvalue weighted by molar-refractivity contribution is 6.31. The molecule has 1 amide bonds. The van der Waals surface area contributed by atoms with E-state index in [9.17, 15) is 4.79 Å². The monoisotopic (exact) mass is 391 g/mol. The Hall–Kier alpha value is -2.72. The molecule has 0 saturated carbocycles. The third kappa shape index (κ3) is 3.18. The minimum atomic E-state index is 0.202. The Labute approximate surface area is 168 Å². The highest BCUT2D eigenvalue weighted by atomic mass is 35.5. The molecule has 0 spiro atoms. The van der Waals surface area contributed by atoms with Gasteiger partial charge in [0.15, 0.2) is 0 Å². The Balaban J connectivity index is 1.33. The number of hydrogen-bond donors (Lipinski definition) is 2. The number of para-hydroxylation sites is 1. The highest BCUT2D eigenvalue weighted by Crippen LogP contribution is 2.30. The summed E-state index contributed by atoms with van der Waals surface area (Å²) in [4.78, 5) is 21.8. The number of aromatic amines is 2. The number of hydrogen-bond acceptors (Lipinski definition) is 1. The van der Waals surface area contributed by atoms with Crippen LogP contribution in [0.25, 0.3) is 21.8 Å². The molecular weight excluding hydrogens is 370 g/mol. The summed E-state index contributed by atoms with van der Waals surface area (Å²) < 4.78 is 0. The molecule has 1 unspecified atom stereocenters. The van der Waals surface area contributed by atoms with Crippen LogP contribution in [-0.4, -0.2) is 33.9 Å². The second kappa shape index (κ2) is 7.02. The van der Waals surface area contributed by atoms with Crippen molar-refractivity contribution in [3.05, 3.63) is 71.0 Å². The van der Waals surface area contributed by atoms with Crippen molar-refractivity contribution in [1.29, 1.82) is 0 Å². The number of benzene rings is 2. The Bertz CT molecular complexity index is 1160. The van der Waals surface area contributed by atoms with Crippen molar-refractivity contribution in [2.75, 3.05) is 13.1 Å². The summed E-state index contributed by atoms with van der Waals surface area (Å²) in [5.74, 6) is 0.542. The average Bonchev–Trinajstić information content (AvgIpc) is 3.32. The van der Waals surface area contributed by atoms with Crippen LogP contribution in [0.15, 0.2) is 54.7 Å². The summed E-state index contributed by atoms with van der Waals surface area (Å²) in [5.41, 5.74) is 4.45. The molecule has 3 heterocycles. The van der Waals surface area contributed by atoms with E-state index in [0.29, 0.717) is 12.3 Å². The lowest BCUT2D eigenvalue weighted by Gasteiger charge is -2.32. The summed E-state index contributed by atoms with van der Waals surface area (Å²) in [5, 5.41) is 3.01. The maximum atomic E-state index is 13.0. The molecule has 0 radical (unpaired) electrons. The summed E-state index contributed by atoms with van der Waals surface area (Å²) >= 11 is 6.12. The molecule has 142 valence electrons. The van der Waals surface area contributed by atoms with Crippen molar-refractivity contribution in [2.24, 2.45) is 0 Å². The van der Waals surface area contributed by atoms with E-state index >= 15 is 0 Å². The summed E-state index contributed by atoms with van der Waals surface area (Å²) in [6, 6.07) is 16.2. The van der Waals surface area contributed by atoms with Crippen molar-refractivity contribution in [2.45, 2.75) is 25.2 Å². The molecule has 1 atom stereocenters. The van der Waals surface area contributed by atoms with Crippen molar-refractivity contribution < 1.29 is 4.79 Å². The fourth-order valence-corrected chi connectivity index (χ4v) is 4.54. The van der Waals surface area contributed by atoms with Gasteiger partial charge in [0.2, 0.25) is 5.91 Å². The van der Waals surface area contributed by atoms with Crippen LogP contribution < -0.4 is 0 Å². The predicted octanol–water partition coefficient (Wildman–Crippen LogP) is 5.25. The summed E-state index contributed by atoms with van der Waals surface area (Å²) in [6.45, 7) is 1.60. The van der Waals surface area contributed by atoms with E-state index in [2.05, 4.69) is 22.1 Å². The fraction of sp³-hybridized carbons (Fsp3) is 0.261. The number of amides is 1. The van der Waals surface area contributed by atoms with Gasteiger partial charge in [-0.05, 0) is 48.7 Å². The molecule has 0 bridgehead atoms. The van der Waals surface area contributed by atoms with Gasteiger partial charge < -0.3 is 14.9 Å². The van der Waals surface area contributed by atoms with Crippen LogP contribution in [0, 0.1) is 0 Å². The molecule has 28 heavy (non-hydrogen) atoms. The van der Waals surface area contributed by atoms with Gasteiger partial charge in [0.1, 0.15) is 0 Å². The zero-order chi connectivity index (χ0) is 19.1. The molecule has 2 N–H and O–H groups in total. The first kappa shape index (κ1) is 17.4. The summed E-state index contributed by atoms with van der Waals surface area (Å²) in [7, 11) is 0. The minimum Gasteiger partial charge on any atom is -0.361 e. The van der Waals surface area contributed by atoms with Crippen LogP contribution in [0.1, 0.15) is 30.0 Å². The Morgan fingerprint density at radius 3 is 2.96 bits per heavy atom. The van der Waals surface area contributed by atoms with Crippen LogP contribution in [-0.2, 0) is 11.2 Å². The normalized spacial score (nSPS) is 17.5. The van der Waals surface area contributed by atoms with Gasteiger partial charge in [-0.2, -0.15) is 0 Å². The quantitative estimate of drug-likeness (QED) is 0.492. The van der Waals surface area contributed by atoms with E-state index in [1.54, 1.807) is 0 Å². The first-order chi connectivity index (χ1) is 13.7. The topological polar surface area (TPSA) is 51.9 Å². The number of halogens is 1. The molecule has 5 heteroatoms. The number of carbonyl (C=O) groups is 1. The van der Waals surface area contributed by atoms with Gasteiger partial charge in [0.05, 0.1) is 6.42 Å². The van der Waals surface area contributed by atoms with Crippen molar-refractivity contribution in [3.63, 3.8) is 0 Å². The van der Waals surface area contributed by atoms with E-state index < -0.39 is 0 Å². The van der Waals surface area contributed by atoms with Gasteiger partial charge >= 0.3 is 0 Å². The van der Waals surface area contributed by atoms with E-state index in [4.69, 9.17) is 11.6 Å². The largest absolute Gasteiger partial charge is 0.361 e. The molecular formula is C23H22ClN3O. The molecule has 1 aliphatic rings. The first-order valence-electron chi connectivity index (χ1n) is 9.78. The minimum absolute atomic E-state index is 0.202. The van der Waals surface area contributed by atoms with Crippen molar-refractivity contribution >= 4 is 39.3 Å². The fourth-order valence-electron chi connectivity index (χ4n) is 4.36. The van der Waals surface area contributed by atoms with Crippen LogP contribution in [0.3, 0.4) is 0 Å². The van der Waals surface area contributed by atoms with E-state index in [-0.39, 0.29) is 5.91 Å². The molecule has 4 nitrogen and oxygen atoms in total. The standard InChI is InChI=1S/C23H22ClN3O/c24-18-7-8-20-16(10-18)11-22(26-20)15-4-3-9-27(14-15)23(28)12-17-13-25-21-6-2-1-5-19(17)21/h1-2,5-8,10-11,13,15,25-26H,3-4,9,12,14H2. The van der Waals surface area contributed by atoms with Crippen LogP contribution in [0.5, 0.6) is 0 Å². The lowest BCUT2D eigenvalue weighted by atomic mass is 9.94. The highest BCUT2D eigenvalue weighted by Gasteiger charge is 2.26. The van der Waals surface area contributed by atoms with Gasteiger partial charge in [-0.25, -0.2) is 0 Å². The third-order valence-corrected chi connectivity index (χ3v) is 6.07. The van der Waals surface area contributed by atoms with E-state index in [0.717, 1.165) is 58.3 Å². The van der Waals surface area contributed by atoms with Gasteiger partial charge in [-0.15, -0.1) is 0 Å². The van der Waals surface area contributed by atoms with E-state index in [1.165, 1.54) is 5.69 Å². The van der Waals surface area contributed by atoms with Crippen LogP contribution >= 0.6 is 11.6 Å². The average molecular weight is 392 g/mol. The Kier molecular flexibility index (Phi) is 4.36. The molecule has 4 aromatic rings. The van der Waals surface area contributed by atoms with Crippen LogP contribution in [0.4, 0.5) is 0 Å². The molecule has 1 aliphatic heterocycles. The number of aromatic nitrogens is 2. The number of carbonyl (C=O) groups excluding carboxylic acids is 1. The molecule has 0 aliphatic carbocycles. The molecule has 2 aromatic heterocycles. The molecule has 1 fully saturated rings. The van der Waals surface area contributed by atoms with E-state index in [1.807, 2.05) is 47.5 Å². The number of fused-ring (bicyclic) bond motifs is 2. The third-order valence-electron chi connectivity index (χ3n) is 5.83. The maximum absolute atomic E-state index is 13.0. The number of piperidine rings is 1. The molecule has 2 aromatic carbocycles. The second-order valence-electron chi connectivity index (χ2n) is 7.67. The Morgan fingerprint density at radius 1 is 1.14 bits per heavy atom. The Morgan fingerprint density at radius 2 is 2.04 bits per heavy atom. The SMILES string of the molecule is O=C(Cc1c[nH]c2ccccc12)N1CCCC(c2cc3cc(Cl)ccc3[nH]2)C1. The predicted molar refractivity (Wildman–Crippen MR) is 114 cm³/mol. The van der Waals surface area contributed by atoms with Gasteiger partial charge in [0.25, 0.3) is 0 Å². The van der Waals surface area contributed by atoms with Crippen LogP contribution in [0.2, 0.25) is 5.02 Å². The van der Waals surface area contributed by atoms with Gasteiger partial charge in [-0.3, -0.25) is 4.79 Å². The van der Waals surface area contributed by atoms with Crippen molar-refractivity contribution in [3.8, 4) is 0 Å². The number of likely N-dealkylation sites (tertiary alicyclic amines) is 1. The zero-order valence-electron chi connectivity index (χ0n) is 15.5. The van der Waals surface area contributed by atoms with Gasteiger partial charge in [-0.1, -0.05) is 29.8 Å². The smallest absolute Gasteiger partial charge is 0.227 e. The number of rotatable bonds is 3. The lowest BCUT2D eigenvalue weighted by molar-refractivity contribution is -0.131. The number of nitrogens with zero attached hydrogens (tertiary/aromatic N) is 1. The lowest BCUT2D eigenvalue weighted by Crippen LogP contribution is -2.40. The second-order valence-corrected chi connectivity index (χ2v) is 8.11. The first-order valence-corrected chi connectivity index (χ1v) is 10.2. The maximum Gasteiger partial charge on any atom is 0.227 e. The zero-order valence-corrected chi connectivity index (χ0v) is 16.3. The molecule has 5 rings (SSSR count). The molecule has 1 saturated heterocycles. The number of H-pyrrole nitrogens is 2. The summed E-state index contributed by atoms with van der Waals surface area (Å²) in [6.07, 6.45) is 4.53. The van der Waals surface area contributed by atoms with Gasteiger partial charge in [0, 0.05) is 57.7 Å². The number of nitrogens with one attached hydrogen (secondary N) is 2.